The van der Waals surface area contributed by atoms with E-state index in [0.29, 0.717) is 25.5 Å². The largest absolute Gasteiger partial charge is 0.378 e. The maximum absolute atomic E-state index is 12.6. The van der Waals surface area contributed by atoms with E-state index in [1.54, 1.807) is 18.3 Å². The molecular formula is C25H27N5O2S. The van der Waals surface area contributed by atoms with Gasteiger partial charge in [0.15, 0.2) is 0 Å². The average Bonchev–Trinajstić information content (AvgIpc) is 2.83. The summed E-state index contributed by atoms with van der Waals surface area (Å²) in [7, 11) is 0.445. The molecule has 4 rings (SSSR count). The standard InChI is InChI=1S/C25H27N5O2S/c1-30(2)22-11-8-20(9-12-22)24-14-17-27-25(29-24)26-15-5-16-28-33(31,32)23-13-10-19-6-3-4-7-21(19)18-23/h3-4,6-14,17-18,28H,5,15-16H2,1-2H3,(H,26,27,29). The Labute approximate surface area is 194 Å². The summed E-state index contributed by atoms with van der Waals surface area (Å²) in [5, 5.41) is 5.08. The molecule has 0 radical (unpaired) electrons. The maximum atomic E-state index is 12.6. The zero-order chi connectivity index (χ0) is 23.3. The SMILES string of the molecule is CN(C)c1ccc(-c2ccnc(NCCCNS(=O)(=O)c3ccc4ccccc4c3)n2)cc1. The molecule has 4 aromatic rings. The minimum absolute atomic E-state index is 0.269. The average molecular weight is 462 g/mol. The fraction of sp³-hybridized carbons (Fsp3) is 0.200. The van der Waals surface area contributed by atoms with E-state index in [2.05, 4.69) is 20.0 Å². The third-order valence-corrected chi connectivity index (χ3v) is 6.75. The van der Waals surface area contributed by atoms with Crippen molar-refractivity contribution in [3.05, 3.63) is 79.0 Å². The molecule has 8 heteroatoms. The van der Waals surface area contributed by atoms with Crippen LogP contribution in [0.4, 0.5) is 11.6 Å². The number of nitrogens with zero attached hydrogens (tertiary/aromatic N) is 3. The fourth-order valence-corrected chi connectivity index (χ4v) is 4.56. The Bertz CT molecular complexity index is 1340. The number of anilines is 2. The molecule has 0 spiro atoms. The van der Waals surface area contributed by atoms with Crippen LogP contribution in [-0.2, 0) is 10.0 Å². The predicted octanol–water partition coefficient (Wildman–Crippen LogP) is 4.14. The van der Waals surface area contributed by atoms with Gasteiger partial charge in [-0.1, -0.05) is 42.5 Å². The molecule has 1 aromatic heterocycles. The van der Waals surface area contributed by atoms with E-state index < -0.39 is 10.0 Å². The molecule has 33 heavy (non-hydrogen) atoms. The fourth-order valence-electron chi connectivity index (χ4n) is 3.45. The van der Waals surface area contributed by atoms with Crippen molar-refractivity contribution in [2.75, 3.05) is 37.4 Å². The summed E-state index contributed by atoms with van der Waals surface area (Å²) < 4.78 is 27.9. The molecule has 2 N–H and O–H groups in total. The summed E-state index contributed by atoms with van der Waals surface area (Å²) in [6.07, 6.45) is 2.31. The third kappa shape index (κ3) is 5.66. The van der Waals surface area contributed by atoms with Crippen LogP contribution in [0.15, 0.2) is 83.9 Å². The topological polar surface area (TPSA) is 87.2 Å². The Morgan fingerprint density at radius 1 is 0.879 bits per heavy atom. The molecule has 0 aliphatic heterocycles. The van der Waals surface area contributed by atoms with E-state index in [1.165, 1.54) is 0 Å². The van der Waals surface area contributed by atoms with E-state index in [0.717, 1.165) is 27.7 Å². The van der Waals surface area contributed by atoms with E-state index in [-0.39, 0.29) is 4.90 Å². The highest BCUT2D eigenvalue weighted by molar-refractivity contribution is 7.89. The van der Waals surface area contributed by atoms with Gasteiger partial charge in [-0.3, -0.25) is 0 Å². The van der Waals surface area contributed by atoms with Crippen LogP contribution in [0.25, 0.3) is 22.0 Å². The van der Waals surface area contributed by atoms with E-state index in [1.807, 2.05) is 79.7 Å². The molecule has 3 aromatic carbocycles. The van der Waals surface area contributed by atoms with Crippen molar-refractivity contribution in [3.8, 4) is 11.3 Å². The Hall–Kier alpha value is -3.49. The molecular weight excluding hydrogens is 434 g/mol. The first-order valence-corrected chi connectivity index (χ1v) is 12.2. The molecule has 0 bridgehead atoms. The van der Waals surface area contributed by atoms with E-state index in [9.17, 15) is 8.42 Å². The highest BCUT2D eigenvalue weighted by atomic mass is 32.2. The van der Waals surface area contributed by atoms with Gasteiger partial charge in [0.2, 0.25) is 16.0 Å². The number of rotatable bonds is 9. The summed E-state index contributed by atoms with van der Waals surface area (Å²) in [5.41, 5.74) is 2.96. The van der Waals surface area contributed by atoms with Gasteiger partial charge >= 0.3 is 0 Å². The van der Waals surface area contributed by atoms with Gasteiger partial charge in [-0.25, -0.2) is 23.1 Å². The normalized spacial score (nSPS) is 11.5. The molecule has 0 aliphatic carbocycles. The summed E-state index contributed by atoms with van der Waals surface area (Å²) in [6.45, 7) is 0.858. The lowest BCUT2D eigenvalue weighted by molar-refractivity contribution is 0.580. The van der Waals surface area contributed by atoms with E-state index >= 15 is 0 Å². The van der Waals surface area contributed by atoms with Crippen LogP contribution in [-0.4, -0.2) is 45.6 Å². The van der Waals surface area contributed by atoms with Gasteiger partial charge in [0, 0.05) is 44.6 Å². The quantitative estimate of drug-likeness (QED) is 0.364. The minimum Gasteiger partial charge on any atom is -0.378 e. The molecule has 0 atom stereocenters. The van der Waals surface area contributed by atoms with Gasteiger partial charge in [0.05, 0.1) is 10.6 Å². The number of aromatic nitrogens is 2. The van der Waals surface area contributed by atoms with Crippen LogP contribution in [0.5, 0.6) is 0 Å². The number of benzene rings is 3. The van der Waals surface area contributed by atoms with Crippen molar-refractivity contribution in [1.29, 1.82) is 0 Å². The summed E-state index contributed by atoms with van der Waals surface area (Å²) in [6, 6.07) is 22.9. The van der Waals surface area contributed by atoms with Crippen LogP contribution in [0.2, 0.25) is 0 Å². The van der Waals surface area contributed by atoms with Gasteiger partial charge in [0.25, 0.3) is 0 Å². The predicted molar refractivity (Wildman–Crippen MR) is 134 cm³/mol. The lowest BCUT2D eigenvalue weighted by Crippen LogP contribution is -2.26. The third-order valence-electron chi connectivity index (χ3n) is 5.30. The van der Waals surface area contributed by atoms with Gasteiger partial charge in [-0.05, 0) is 47.5 Å². The molecule has 7 nitrogen and oxygen atoms in total. The lowest BCUT2D eigenvalue weighted by atomic mass is 10.1. The molecule has 0 amide bonds. The van der Waals surface area contributed by atoms with E-state index in [4.69, 9.17) is 0 Å². The molecule has 0 unspecified atom stereocenters. The summed E-state index contributed by atoms with van der Waals surface area (Å²) in [5.74, 6) is 0.515. The van der Waals surface area contributed by atoms with Crippen molar-refractivity contribution in [3.63, 3.8) is 0 Å². The molecule has 0 saturated carbocycles. The second-order valence-corrected chi connectivity index (χ2v) is 9.66. The van der Waals surface area contributed by atoms with Crippen LogP contribution in [0, 0.1) is 0 Å². The summed E-state index contributed by atoms with van der Waals surface area (Å²) in [4.78, 5) is 11.1. The zero-order valence-corrected chi connectivity index (χ0v) is 19.5. The zero-order valence-electron chi connectivity index (χ0n) is 18.7. The smallest absolute Gasteiger partial charge is 0.240 e. The number of fused-ring (bicyclic) bond motifs is 1. The number of nitrogens with one attached hydrogen (secondary N) is 2. The van der Waals surface area contributed by atoms with Crippen molar-refractivity contribution < 1.29 is 8.42 Å². The van der Waals surface area contributed by atoms with Crippen molar-refractivity contribution in [2.45, 2.75) is 11.3 Å². The second-order valence-electron chi connectivity index (χ2n) is 7.89. The van der Waals surface area contributed by atoms with Crippen LogP contribution in [0.1, 0.15) is 6.42 Å². The second kappa shape index (κ2) is 9.97. The molecule has 170 valence electrons. The van der Waals surface area contributed by atoms with Crippen LogP contribution in [0.3, 0.4) is 0 Å². The van der Waals surface area contributed by atoms with Gasteiger partial charge in [0.1, 0.15) is 0 Å². The number of hydrogen-bond acceptors (Lipinski definition) is 6. The molecule has 0 aliphatic rings. The van der Waals surface area contributed by atoms with Gasteiger partial charge in [-0.15, -0.1) is 0 Å². The first-order chi connectivity index (χ1) is 15.9. The maximum Gasteiger partial charge on any atom is 0.240 e. The number of sulfonamides is 1. The Kier molecular flexibility index (Phi) is 6.86. The monoisotopic (exact) mass is 461 g/mol. The van der Waals surface area contributed by atoms with Crippen molar-refractivity contribution in [2.24, 2.45) is 0 Å². The van der Waals surface area contributed by atoms with Crippen molar-refractivity contribution in [1.82, 2.24) is 14.7 Å². The molecule has 0 fully saturated rings. The minimum atomic E-state index is -3.56. The Morgan fingerprint density at radius 2 is 1.64 bits per heavy atom. The molecule has 0 saturated heterocycles. The lowest BCUT2D eigenvalue weighted by Gasteiger charge is -2.12. The summed E-state index contributed by atoms with van der Waals surface area (Å²) >= 11 is 0. The highest BCUT2D eigenvalue weighted by Crippen LogP contribution is 2.21. The number of hydrogen-bond donors (Lipinski definition) is 2. The Balaban J connectivity index is 1.30. The van der Waals surface area contributed by atoms with Gasteiger partial charge < -0.3 is 10.2 Å². The first kappa shape index (κ1) is 22.7. The highest BCUT2D eigenvalue weighted by Gasteiger charge is 2.13. The first-order valence-electron chi connectivity index (χ1n) is 10.8. The molecule has 1 heterocycles. The van der Waals surface area contributed by atoms with Crippen LogP contribution >= 0.6 is 0 Å². The van der Waals surface area contributed by atoms with Crippen molar-refractivity contribution >= 4 is 32.4 Å². The van der Waals surface area contributed by atoms with Crippen LogP contribution < -0.4 is 14.9 Å². The van der Waals surface area contributed by atoms with Gasteiger partial charge in [-0.2, -0.15) is 0 Å². The Morgan fingerprint density at radius 3 is 2.39 bits per heavy atom.